The highest BCUT2D eigenvalue weighted by molar-refractivity contribution is 5.78. The minimum absolute atomic E-state index is 0.162. The number of hydrogen-bond acceptors (Lipinski definition) is 4. The normalized spacial score (nSPS) is 19.4. The van der Waals surface area contributed by atoms with Crippen molar-refractivity contribution in [3.63, 3.8) is 0 Å². The quantitative estimate of drug-likeness (QED) is 0.245. The lowest BCUT2D eigenvalue weighted by atomic mass is 9.72. The Labute approximate surface area is 123 Å². The number of ether oxygens (including phenoxy) is 1. The Bertz CT molecular complexity index is 299. The van der Waals surface area contributed by atoms with E-state index in [0.717, 1.165) is 38.5 Å². The molecule has 0 bridgehead atoms. The van der Waals surface area contributed by atoms with E-state index in [1.807, 2.05) is 13.8 Å². The van der Waals surface area contributed by atoms with Crippen LogP contribution in [-0.2, 0) is 19.3 Å². The lowest BCUT2D eigenvalue weighted by Gasteiger charge is -2.32. The van der Waals surface area contributed by atoms with Gasteiger partial charge in [-0.1, -0.05) is 52.4 Å². The first-order chi connectivity index (χ1) is 9.56. The molecule has 0 N–H and O–H groups in total. The van der Waals surface area contributed by atoms with E-state index < -0.39 is 11.2 Å². The summed E-state index contributed by atoms with van der Waals surface area (Å²) in [5.41, 5.74) is -0.646. The van der Waals surface area contributed by atoms with Crippen LogP contribution in [0, 0.1) is 5.41 Å². The molecule has 1 fully saturated rings. The summed E-state index contributed by atoms with van der Waals surface area (Å²) < 4.78 is 5.33. The maximum absolute atomic E-state index is 12.5. The maximum Gasteiger partial charge on any atom is 0.317 e. The van der Waals surface area contributed by atoms with Gasteiger partial charge in [0.2, 0.25) is 5.79 Å². The smallest absolute Gasteiger partial charge is 0.317 e. The summed E-state index contributed by atoms with van der Waals surface area (Å²) >= 11 is 0. The predicted octanol–water partition coefficient (Wildman–Crippen LogP) is 4.37. The van der Waals surface area contributed by atoms with Crippen molar-refractivity contribution in [1.29, 1.82) is 0 Å². The molecule has 1 saturated heterocycles. The molecule has 4 nitrogen and oxygen atoms in total. The molecule has 1 atom stereocenters. The van der Waals surface area contributed by atoms with Gasteiger partial charge in [-0.05, 0) is 26.7 Å². The molecule has 1 unspecified atom stereocenters. The van der Waals surface area contributed by atoms with Gasteiger partial charge in [0.1, 0.15) is 5.41 Å². The van der Waals surface area contributed by atoms with Crippen LogP contribution < -0.4 is 0 Å². The molecule has 1 aliphatic rings. The Morgan fingerprint density at radius 1 is 1.00 bits per heavy atom. The molecule has 0 spiro atoms. The van der Waals surface area contributed by atoms with E-state index in [2.05, 4.69) is 13.8 Å². The van der Waals surface area contributed by atoms with Gasteiger partial charge in [-0.25, -0.2) is 0 Å². The topological polar surface area (TPSA) is 51.4 Å². The van der Waals surface area contributed by atoms with Gasteiger partial charge in [-0.3, -0.25) is 4.79 Å². The molecule has 0 saturated carbocycles. The van der Waals surface area contributed by atoms with Crippen molar-refractivity contribution in [1.82, 2.24) is 0 Å². The number of unbranched alkanes of at least 4 members (excludes halogenated alkanes) is 4. The van der Waals surface area contributed by atoms with Gasteiger partial charge < -0.3 is 4.74 Å². The van der Waals surface area contributed by atoms with Gasteiger partial charge in [-0.2, -0.15) is 9.78 Å². The van der Waals surface area contributed by atoms with E-state index in [-0.39, 0.29) is 5.97 Å². The van der Waals surface area contributed by atoms with Crippen molar-refractivity contribution in [3.8, 4) is 0 Å². The second kappa shape index (κ2) is 7.99. The second-order valence-corrected chi connectivity index (χ2v) is 5.83. The van der Waals surface area contributed by atoms with Gasteiger partial charge in [0, 0.05) is 0 Å². The highest BCUT2D eigenvalue weighted by Crippen LogP contribution is 2.53. The first kappa shape index (κ1) is 17.4. The first-order valence-electron chi connectivity index (χ1n) is 8.10. The average Bonchev–Trinajstić information content (AvgIpc) is 3.18. The van der Waals surface area contributed by atoms with Crippen molar-refractivity contribution in [2.24, 2.45) is 5.41 Å². The molecule has 0 aromatic carbocycles. The zero-order valence-electron chi connectivity index (χ0n) is 13.5. The van der Waals surface area contributed by atoms with Crippen LogP contribution in [0.1, 0.15) is 79.1 Å². The molecule has 1 aliphatic heterocycles. The number of esters is 1. The van der Waals surface area contributed by atoms with Crippen LogP contribution in [0.25, 0.3) is 0 Å². The molecular weight excluding hydrogens is 256 g/mol. The Hall–Kier alpha value is -0.610. The summed E-state index contributed by atoms with van der Waals surface area (Å²) in [6, 6.07) is 0. The van der Waals surface area contributed by atoms with Crippen molar-refractivity contribution in [3.05, 3.63) is 0 Å². The molecule has 4 heteroatoms. The van der Waals surface area contributed by atoms with Crippen molar-refractivity contribution in [2.45, 2.75) is 84.8 Å². The largest absolute Gasteiger partial charge is 0.465 e. The van der Waals surface area contributed by atoms with Gasteiger partial charge in [0.05, 0.1) is 6.61 Å². The van der Waals surface area contributed by atoms with Gasteiger partial charge in [0.15, 0.2) is 0 Å². The summed E-state index contributed by atoms with van der Waals surface area (Å²) in [7, 11) is 0. The Kier molecular flexibility index (Phi) is 6.96. The molecule has 0 aromatic heterocycles. The monoisotopic (exact) mass is 286 g/mol. The second-order valence-electron chi connectivity index (χ2n) is 5.83. The fourth-order valence-electron chi connectivity index (χ4n) is 2.79. The zero-order chi connectivity index (χ0) is 15.1. The molecule has 1 rings (SSSR count). The highest BCUT2D eigenvalue weighted by Gasteiger charge is 2.65. The van der Waals surface area contributed by atoms with Crippen LogP contribution >= 0.6 is 0 Å². The van der Waals surface area contributed by atoms with Crippen molar-refractivity contribution in [2.75, 3.05) is 6.61 Å². The van der Waals surface area contributed by atoms with E-state index in [9.17, 15) is 4.79 Å². The van der Waals surface area contributed by atoms with Crippen LogP contribution in [0.5, 0.6) is 0 Å². The summed E-state index contributed by atoms with van der Waals surface area (Å²) in [6.07, 6.45) is 8.11. The van der Waals surface area contributed by atoms with E-state index in [1.165, 1.54) is 12.8 Å². The van der Waals surface area contributed by atoms with Crippen LogP contribution in [0.4, 0.5) is 0 Å². The molecule has 0 aliphatic carbocycles. The van der Waals surface area contributed by atoms with E-state index in [4.69, 9.17) is 14.5 Å². The minimum atomic E-state index is -0.791. The zero-order valence-corrected chi connectivity index (χ0v) is 13.5. The molecule has 1 heterocycles. The van der Waals surface area contributed by atoms with Crippen LogP contribution in [0.2, 0.25) is 0 Å². The number of rotatable bonds is 11. The third-order valence-electron chi connectivity index (χ3n) is 4.28. The third-order valence-corrected chi connectivity index (χ3v) is 4.28. The lowest BCUT2D eigenvalue weighted by Crippen LogP contribution is -2.44. The SMILES string of the molecule is CCCCCCC(CCCC)(C(=O)OCC)C1(C)OO1. The van der Waals surface area contributed by atoms with Crippen LogP contribution in [0.15, 0.2) is 0 Å². The summed E-state index contributed by atoms with van der Waals surface area (Å²) in [5, 5.41) is 0. The highest BCUT2D eigenvalue weighted by atomic mass is 17.4. The standard InChI is InChI=1S/C16H30O4/c1-5-8-10-11-13-16(12-9-6-2,14(17)18-7-3)15(4)19-20-15/h5-13H2,1-4H3. The maximum atomic E-state index is 12.5. The summed E-state index contributed by atoms with van der Waals surface area (Å²) in [6.45, 7) is 8.42. The molecule has 20 heavy (non-hydrogen) atoms. The average molecular weight is 286 g/mol. The van der Waals surface area contributed by atoms with Gasteiger partial charge in [-0.15, -0.1) is 0 Å². The molecule has 0 amide bonds. The minimum Gasteiger partial charge on any atom is -0.465 e. The lowest BCUT2D eigenvalue weighted by molar-refractivity contribution is -0.162. The predicted molar refractivity (Wildman–Crippen MR) is 77.9 cm³/mol. The van der Waals surface area contributed by atoms with Crippen LogP contribution in [0.3, 0.4) is 0 Å². The molecule has 0 aromatic rings. The van der Waals surface area contributed by atoms with E-state index in [0.29, 0.717) is 6.61 Å². The van der Waals surface area contributed by atoms with Crippen molar-refractivity contribution < 1.29 is 19.3 Å². The first-order valence-corrected chi connectivity index (χ1v) is 8.10. The number of carbonyl (C=O) groups excluding carboxylic acids is 1. The van der Waals surface area contributed by atoms with E-state index >= 15 is 0 Å². The Morgan fingerprint density at radius 2 is 1.60 bits per heavy atom. The number of carbonyl (C=O) groups is 1. The van der Waals surface area contributed by atoms with Gasteiger partial charge in [0.25, 0.3) is 0 Å². The molecule has 118 valence electrons. The Balaban J connectivity index is 2.79. The van der Waals surface area contributed by atoms with Crippen molar-refractivity contribution >= 4 is 5.97 Å². The van der Waals surface area contributed by atoms with Crippen LogP contribution in [-0.4, -0.2) is 18.4 Å². The molecular formula is C16H30O4. The van der Waals surface area contributed by atoms with Gasteiger partial charge >= 0.3 is 5.97 Å². The Morgan fingerprint density at radius 3 is 2.10 bits per heavy atom. The fourth-order valence-corrected chi connectivity index (χ4v) is 2.79. The summed E-state index contributed by atoms with van der Waals surface area (Å²) in [5.74, 6) is -0.953. The van der Waals surface area contributed by atoms with E-state index in [1.54, 1.807) is 0 Å². The summed E-state index contributed by atoms with van der Waals surface area (Å²) in [4.78, 5) is 22.9. The fraction of sp³-hybridized carbons (Fsp3) is 0.938. The number of hydrogen-bond donors (Lipinski definition) is 0. The molecule has 0 radical (unpaired) electrons. The third kappa shape index (κ3) is 3.95.